The first-order chi connectivity index (χ1) is 10.5. The van der Waals surface area contributed by atoms with Gasteiger partial charge in [0.05, 0.1) is 5.56 Å². The minimum Gasteiger partial charge on any atom is -0.478 e. The highest BCUT2D eigenvalue weighted by atomic mass is 32.1. The van der Waals surface area contributed by atoms with E-state index < -0.39 is 11.9 Å². The molecular formula is C16H12N2O3S. The molecular weight excluding hydrogens is 300 g/mol. The third-order valence-corrected chi connectivity index (χ3v) is 3.71. The molecule has 2 rings (SSSR count). The highest BCUT2D eigenvalue weighted by Crippen LogP contribution is 2.19. The molecule has 2 aromatic rings. The highest BCUT2D eigenvalue weighted by Gasteiger charge is 2.11. The summed E-state index contributed by atoms with van der Waals surface area (Å²) in [5.74, 6) is -1.57. The molecule has 6 heteroatoms. The molecule has 1 aromatic heterocycles. The third kappa shape index (κ3) is 3.81. The SMILES string of the molecule is Cc1ccc(NC(=O)/C(C#N)=C/c2cc(C(=O)O)cs2)cc1. The van der Waals surface area contributed by atoms with Gasteiger partial charge in [0.25, 0.3) is 5.91 Å². The number of nitriles is 1. The van der Waals surface area contributed by atoms with E-state index in [0.29, 0.717) is 10.6 Å². The van der Waals surface area contributed by atoms with E-state index >= 15 is 0 Å². The lowest BCUT2D eigenvalue weighted by Gasteiger charge is -2.04. The second-order valence-corrected chi connectivity index (χ2v) is 5.48. The van der Waals surface area contributed by atoms with Crippen LogP contribution >= 0.6 is 11.3 Å². The molecule has 110 valence electrons. The van der Waals surface area contributed by atoms with Crippen molar-refractivity contribution in [2.45, 2.75) is 6.92 Å². The van der Waals surface area contributed by atoms with Gasteiger partial charge in [-0.3, -0.25) is 4.79 Å². The molecule has 0 bridgehead atoms. The van der Waals surface area contributed by atoms with Crippen molar-refractivity contribution in [3.8, 4) is 6.07 Å². The van der Waals surface area contributed by atoms with Crippen molar-refractivity contribution in [1.82, 2.24) is 0 Å². The molecule has 22 heavy (non-hydrogen) atoms. The van der Waals surface area contributed by atoms with Gasteiger partial charge in [0.1, 0.15) is 11.6 Å². The monoisotopic (exact) mass is 312 g/mol. The van der Waals surface area contributed by atoms with Gasteiger partial charge in [-0.1, -0.05) is 17.7 Å². The number of carboxylic acids is 1. The number of nitrogens with zero attached hydrogens (tertiary/aromatic N) is 1. The first kappa shape index (κ1) is 15.5. The van der Waals surface area contributed by atoms with E-state index in [1.54, 1.807) is 12.1 Å². The topological polar surface area (TPSA) is 90.2 Å². The smallest absolute Gasteiger partial charge is 0.336 e. The Morgan fingerprint density at radius 2 is 2.00 bits per heavy atom. The Morgan fingerprint density at radius 1 is 1.32 bits per heavy atom. The van der Waals surface area contributed by atoms with Crippen molar-refractivity contribution in [1.29, 1.82) is 5.26 Å². The zero-order chi connectivity index (χ0) is 16.1. The molecule has 1 aromatic carbocycles. The average molecular weight is 312 g/mol. The molecule has 0 saturated heterocycles. The van der Waals surface area contributed by atoms with Crippen LogP contribution in [0.25, 0.3) is 6.08 Å². The van der Waals surface area contributed by atoms with Crippen LogP contribution in [0.15, 0.2) is 41.3 Å². The van der Waals surface area contributed by atoms with Crippen LogP contribution in [0.2, 0.25) is 0 Å². The number of hydrogen-bond donors (Lipinski definition) is 2. The second kappa shape index (κ2) is 6.70. The molecule has 1 heterocycles. The third-order valence-electron chi connectivity index (χ3n) is 2.83. The second-order valence-electron chi connectivity index (χ2n) is 4.53. The van der Waals surface area contributed by atoms with Crippen LogP contribution in [0.5, 0.6) is 0 Å². The summed E-state index contributed by atoms with van der Waals surface area (Å²) in [7, 11) is 0. The number of benzene rings is 1. The lowest BCUT2D eigenvalue weighted by atomic mass is 10.2. The van der Waals surface area contributed by atoms with E-state index in [-0.39, 0.29) is 11.1 Å². The first-order valence-corrected chi connectivity index (χ1v) is 7.19. The number of hydrogen-bond acceptors (Lipinski definition) is 4. The van der Waals surface area contributed by atoms with Crippen molar-refractivity contribution < 1.29 is 14.7 Å². The summed E-state index contributed by atoms with van der Waals surface area (Å²) in [4.78, 5) is 23.4. The van der Waals surface area contributed by atoms with Crippen LogP contribution < -0.4 is 5.32 Å². The number of nitrogens with one attached hydrogen (secondary N) is 1. The molecule has 0 aliphatic heterocycles. The maximum atomic E-state index is 12.1. The Hall–Kier alpha value is -2.91. The van der Waals surface area contributed by atoms with Gasteiger partial charge in [-0.15, -0.1) is 11.3 Å². The van der Waals surface area contributed by atoms with Gasteiger partial charge in [0.2, 0.25) is 0 Å². The summed E-state index contributed by atoms with van der Waals surface area (Å²) >= 11 is 1.16. The molecule has 0 aliphatic rings. The van der Waals surface area contributed by atoms with E-state index in [1.807, 2.05) is 25.1 Å². The predicted octanol–water partition coefficient (Wildman–Crippen LogP) is 3.30. The Labute approximate surface area is 131 Å². The van der Waals surface area contributed by atoms with Crippen LogP contribution in [-0.4, -0.2) is 17.0 Å². The summed E-state index contributed by atoms with van der Waals surface area (Å²) in [5, 5.41) is 22.1. The predicted molar refractivity (Wildman–Crippen MR) is 84.7 cm³/mol. The summed E-state index contributed by atoms with van der Waals surface area (Å²) in [5.41, 5.74) is 1.70. The van der Waals surface area contributed by atoms with Crippen LogP contribution in [0.1, 0.15) is 20.8 Å². The van der Waals surface area contributed by atoms with E-state index in [0.717, 1.165) is 16.9 Å². The largest absolute Gasteiger partial charge is 0.478 e. The zero-order valence-electron chi connectivity index (χ0n) is 11.7. The van der Waals surface area contributed by atoms with Crippen molar-refractivity contribution in [2.24, 2.45) is 0 Å². The number of anilines is 1. The normalized spacial score (nSPS) is 10.8. The number of carbonyl (C=O) groups is 2. The standard InChI is InChI=1S/C16H12N2O3S/c1-10-2-4-13(5-3-10)18-15(19)11(8-17)6-14-7-12(9-22-14)16(20)21/h2-7,9H,1H3,(H,18,19)(H,20,21)/b11-6+. The molecule has 5 nitrogen and oxygen atoms in total. The molecule has 2 N–H and O–H groups in total. The van der Waals surface area contributed by atoms with Gasteiger partial charge in [0.15, 0.2) is 0 Å². The molecule has 0 radical (unpaired) electrons. The van der Waals surface area contributed by atoms with E-state index in [4.69, 9.17) is 10.4 Å². The lowest BCUT2D eigenvalue weighted by molar-refractivity contribution is -0.112. The molecule has 1 amide bonds. The Balaban J connectivity index is 2.17. The fraction of sp³-hybridized carbons (Fsp3) is 0.0625. The molecule has 0 atom stereocenters. The van der Waals surface area contributed by atoms with E-state index in [2.05, 4.69) is 5.32 Å². The Morgan fingerprint density at radius 3 is 2.55 bits per heavy atom. The van der Waals surface area contributed by atoms with Crippen LogP contribution in [0.4, 0.5) is 5.69 Å². The number of carbonyl (C=O) groups excluding carboxylic acids is 1. The van der Waals surface area contributed by atoms with E-state index in [1.165, 1.54) is 17.5 Å². The maximum absolute atomic E-state index is 12.1. The number of aryl methyl sites for hydroxylation is 1. The minimum absolute atomic E-state index is 0.0839. The molecule has 0 fully saturated rings. The summed E-state index contributed by atoms with van der Waals surface area (Å²) in [6.45, 7) is 1.93. The van der Waals surface area contributed by atoms with Crippen molar-refractivity contribution >= 4 is 35.0 Å². The van der Waals surface area contributed by atoms with Gasteiger partial charge in [0, 0.05) is 15.9 Å². The summed E-state index contributed by atoms with van der Waals surface area (Å²) in [6.07, 6.45) is 1.38. The van der Waals surface area contributed by atoms with Gasteiger partial charge < -0.3 is 10.4 Å². The van der Waals surface area contributed by atoms with Crippen molar-refractivity contribution in [3.05, 3.63) is 57.3 Å². The van der Waals surface area contributed by atoms with Gasteiger partial charge in [-0.2, -0.15) is 5.26 Å². The molecule has 0 saturated carbocycles. The highest BCUT2D eigenvalue weighted by molar-refractivity contribution is 7.11. The van der Waals surface area contributed by atoms with Crippen LogP contribution in [-0.2, 0) is 4.79 Å². The number of rotatable bonds is 4. The van der Waals surface area contributed by atoms with Crippen LogP contribution in [0.3, 0.4) is 0 Å². The average Bonchev–Trinajstić information content (AvgIpc) is 2.96. The fourth-order valence-corrected chi connectivity index (χ4v) is 2.48. The van der Waals surface area contributed by atoms with Crippen molar-refractivity contribution in [2.75, 3.05) is 5.32 Å². The minimum atomic E-state index is -1.04. The summed E-state index contributed by atoms with van der Waals surface area (Å²) < 4.78 is 0. The van der Waals surface area contributed by atoms with Gasteiger partial charge in [-0.05, 0) is 31.2 Å². The number of aromatic carboxylic acids is 1. The first-order valence-electron chi connectivity index (χ1n) is 6.31. The van der Waals surface area contributed by atoms with Gasteiger partial charge >= 0.3 is 5.97 Å². The molecule has 0 unspecified atom stereocenters. The quantitative estimate of drug-likeness (QED) is 0.669. The number of amides is 1. The van der Waals surface area contributed by atoms with Gasteiger partial charge in [-0.25, -0.2) is 4.79 Å². The van der Waals surface area contributed by atoms with Crippen molar-refractivity contribution in [3.63, 3.8) is 0 Å². The summed E-state index contributed by atoms with van der Waals surface area (Å²) in [6, 6.07) is 10.4. The Bertz CT molecular complexity index is 782. The fourth-order valence-electron chi connectivity index (χ4n) is 1.67. The maximum Gasteiger partial charge on any atom is 0.336 e. The lowest BCUT2D eigenvalue weighted by Crippen LogP contribution is -2.13. The van der Waals surface area contributed by atoms with E-state index in [9.17, 15) is 9.59 Å². The Kier molecular flexibility index (Phi) is 4.71. The molecule has 0 aliphatic carbocycles. The van der Waals surface area contributed by atoms with Crippen LogP contribution in [0, 0.1) is 18.3 Å². The zero-order valence-corrected chi connectivity index (χ0v) is 12.5. The number of carboxylic acid groups (broad SMARTS) is 1. The molecule has 0 spiro atoms. The number of thiophene rings is 1.